The van der Waals surface area contributed by atoms with Crippen LogP contribution in [-0.2, 0) is 0 Å². The topological polar surface area (TPSA) is 102 Å². The molecule has 14 aromatic carbocycles. The molecule has 0 aliphatic heterocycles. The monoisotopic (exact) mass is 1210 g/mol. The van der Waals surface area contributed by atoms with E-state index >= 15 is 0 Å². The minimum absolute atomic E-state index is 0. The summed E-state index contributed by atoms with van der Waals surface area (Å²) in [5.41, 5.74) is 17.7. The molecular formula is C82H60BClN6O2. The van der Waals surface area contributed by atoms with Crippen LogP contribution in [0, 0.1) is 0 Å². The third-order valence-electron chi connectivity index (χ3n) is 17.3. The molecule has 0 unspecified atom stereocenters. The maximum Gasteiger partial charge on any atom is 0.488 e. The average molecular weight is 1210 g/mol. The Labute approximate surface area is 537 Å². The molecule has 0 atom stereocenters. The highest BCUT2D eigenvalue weighted by Gasteiger charge is 2.18. The zero-order valence-corrected chi connectivity index (χ0v) is 49.2. The highest BCUT2D eigenvalue weighted by molar-refractivity contribution is 6.58. The van der Waals surface area contributed by atoms with Crippen LogP contribution in [0.2, 0.25) is 5.15 Å². The largest absolute Gasteiger partial charge is 0.488 e. The molecule has 0 aliphatic carbocycles. The lowest BCUT2D eigenvalue weighted by Gasteiger charge is -2.11. The number of halogens is 1. The molecule has 92 heavy (non-hydrogen) atoms. The second kappa shape index (κ2) is 24.6. The van der Waals surface area contributed by atoms with E-state index in [0.29, 0.717) is 10.6 Å². The van der Waals surface area contributed by atoms with E-state index in [-0.39, 0.29) is 14.9 Å². The second-order valence-corrected chi connectivity index (χ2v) is 22.8. The average Bonchev–Trinajstić information content (AvgIpc) is 1.16. The molecule has 4 heterocycles. The van der Waals surface area contributed by atoms with E-state index in [2.05, 4.69) is 256 Å². The lowest BCUT2D eigenvalue weighted by molar-refractivity contribution is 0.426. The maximum absolute atomic E-state index is 9.31. The van der Waals surface area contributed by atoms with Gasteiger partial charge in [-0.2, -0.15) is 0 Å². The van der Waals surface area contributed by atoms with Crippen LogP contribution in [0.1, 0.15) is 14.9 Å². The molecule has 18 rings (SSSR count). The molecule has 0 saturated heterocycles. The van der Waals surface area contributed by atoms with Gasteiger partial charge in [0.05, 0.1) is 62.2 Å². The van der Waals surface area contributed by atoms with Crippen molar-refractivity contribution in [1.82, 2.24) is 29.1 Å². The van der Waals surface area contributed by atoms with Crippen molar-refractivity contribution in [2.24, 2.45) is 0 Å². The first kappa shape index (κ1) is 58.4. The fourth-order valence-electron chi connectivity index (χ4n) is 13.1. The molecule has 18 aromatic rings. The van der Waals surface area contributed by atoms with Gasteiger partial charge in [-0.1, -0.05) is 257 Å². The molecule has 0 radical (unpaired) electrons. The lowest BCUT2D eigenvalue weighted by atomic mass is 9.80. The Morgan fingerprint density at radius 3 is 1.04 bits per heavy atom. The summed E-state index contributed by atoms with van der Waals surface area (Å²) in [5, 5.41) is 33.2. The van der Waals surface area contributed by atoms with Gasteiger partial charge >= 0.3 is 7.12 Å². The predicted octanol–water partition coefficient (Wildman–Crippen LogP) is 20.4. The molecule has 2 N–H and O–H groups in total. The summed E-state index contributed by atoms with van der Waals surface area (Å²) < 4.78 is 4.64. The van der Waals surface area contributed by atoms with E-state index in [0.717, 1.165) is 71.7 Å². The zero-order valence-electron chi connectivity index (χ0n) is 48.4. The van der Waals surface area contributed by atoms with Gasteiger partial charge in [0.1, 0.15) is 5.15 Å². The Balaban J connectivity index is 0.000000129. The first-order valence-electron chi connectivity index (χ1n) is 29.9. The van der Waals surface area contributed by atoms with Crippen molar-refractivity contribution in [3.8, 4) is 44.9 Å². The van der Waals surface area contributed by atoms with E-state index in [1.807, 2.05) is 48.7 Å². The third kappa shape index (κ3) is 10.3. The number of nitrogens with zero attached hydrogens (tertiary/aromatic N) is 6. The molecule has 0 aliphatic rings. The second-order valence-electron chi connectivity index (χ2n) is 22.4. The van der Waals surface area contributed by atoms with E-state index in [4.69, 9.17) is 21.6 Å². The summed E-state index contributed by atoms with van der Waals surface area (Å²) >= 11 is 6.00. The standard InChI is InChI=1S/C40H25N3.C24H18BNO2.C16H9ClN2.2CH4/c1-2-10-29(11-3-1)43-37-17-9-8-14-32(37)35-24-28(22-23-38(35)43)26-18-20-27(21-19-26)36-25-41-39-33-15-6-4-12-30(33)31-13-5-7-16-34(31)40(39)42-36;27-25(28)19-13-10-17(11-14-19)18-12-15-24-22(16-18)21-8-4-5-9-23(21)26(24)20-6-2-1-3-7-20;17-14-9-18-15-12-7-3-1-5-10(12)11-6-2-4-8-13(11)16(15)19-14;;/h1-25H;1-16,27-28H;1-9H;2*1H4. The first-order valence-corrected chi connectivity index (χ1v) is 30.3. The number of aromatic nitrogens is 6. The van der Waals surface area contributed by atoms with Crippen molar-refractivity contribution in [2.75, 3.05) is 0 Å². The van der Waals surface area contributed by atoms with Gasteiger partial charge in [0.2, 0.25) is 0 Å². The van der Waals surface area contributed by atoms with Gasteiger partial charge in [0.25, 0.3) is 0 Å². The first-order chi connectivity index (χ1) is 44.4. The highest BCUT2D eigenvalue weighted by atomic mass is 35.5. The Morgan fingerprint density at radius 1 is 0.283 bits per heavy atom. The van der Waals surface area contributed by atoms with Gasteiger partial charge in [0, 0.05) is 60.0 Å². The van der Waals surface area contributed by atoms with Crippen LogP contribution >= 0.6 is 11.6 Å². The quantitative estimate of drug-likeness (QED) is 0.127. The number of rotatable bonds is 6. The molecule has 4 aromatic heterocycles. The number of para-hydroxylation sites is 4. The van der Waals surface area contributed by atoms with Crippen LogP contribution in [0.5, 0.6) is 0 Å². The minimum Gasteiger partial charge on any atom is -0.423 e. The van der Waals surface area contributed by atoms with Gasteiger partial charge in [-0.25, -0.2) is 9.97 Å². The Hall–Kier alpha value is -11.3. The molecule has 8 nitrogen and oxygen atoms in total. The van der Waals surface area contributed by atoms with Gasteiger partial charge in [-0.15, -0.1) is 0 Å². The highest BCUT2D eigenvalue weighted by Crippen LogP contribution is 2.39. The maximum atomic E-state index is 9.31. The van der Waals surface area contributed by atoms with Crippen molar-refractivity contribution in [2.45, 2.75) is 14.9 Å². The van der Waals surface area contributed by atoms with E-state index in [9.17, 15) is 10.0 Å². The molecule has 440 valence electrons. The summed E-state index contributed by atoms with van der Waals surface area (Å²) in [6.45, 7) is 0. The fourth-order valence-corrected chi connectivity index (χ4v) is 13.2. The van der Waals surface area contributed by atoms with E-state index < -0.39 is 7.12 Å². The summed E-state index contributed by atoms with van der Waals surface area (Å²) in [6.07, 6.45) is 3.51. The summed E-state index contributed by atoms with van der Waals surface area (Å²) in [6, 6.07) is 101. The van der Waals surface area contributed by atoms with Crippen molar-refractivity contribution in [3.63, 3.8) is 0 Å². The van der Waals surface area contributed by atoms with Gasteiger partial charge in [-0.05, 0) is 110 Å². The molecule has 0 fully saturated rings. The Kier molecular flexibility index (Phi) is 15.6. The van der Waals surface area contributed by atoms with Crippen LogP contribution in [0.15, 0.2) is 304 Å². The molecule has 0 spiro atoms. The summed E-state index contributed by atoms with van der Waals surface area (Å²) in [5.74, 6) is 0. The Bertz CT molecular complexity index is 5710. The van der Waals surface area contributed by atoms with Crippen molar-refractivity contribution >= 4 is 133 Å². The Morgan fingerprint density at radius 2 is 0.609 bits per heavy atom. The smallest absolute Gasteiger partial charge is 0.423 e. The normalized spacial score (nSPS) is 11.2. The van der Waals surface area contributed by atoms with Gasteiger partial charge < -0.3 is 19.2 Å². The molecule has 10 heteroatoms. The molecule has 0 amide bonds. The molecule has 0 saturated carbocycles. The SMILES string of the molecule is C.C.Clc1cnc2c3ccccc3c3ccccc3c2n1.OB(O)c1ccc(-c2ccc3c(c2)c2ccccc2n3-c2ccccc2)cc1.c1ccc(-n2c3ccccc3c3cc(-c4ccc(-c5cnc6c7ccccc7c7ccccc7c6n5)cc4)ccc32)cc1. The molecular weight excluding hydrogens is 1150 g/mol. The third-order valence-corrected chi connectivity index (χ3v) is 17.4. The minimum atomic E-state index is -1.44. The molecule has 0 bridgehead atoms. The van der Waals surface area contributed by atoms with Crippen molar-refractivity contribution < 1.29 is 10.0 Å². The van der Waals surface area contributed by atoms with Crippen LogP contribution in [0.4, 0.5) is 0 Å². The number of fused-ring (bicyclic) bond motifs is 18. The number of hydrogen-bond donors (Lipinski definition) is 2. The van der Waals surface area contributed by atoms with Gasteiger partial charge in [-0.3, -0.25) is 9.97 Å². The number of benzene rings is 14. The van der Waals surface area contributed by atoms with Crippen LogP contribution in [0.3, 0.4) is 0 Å². The van der Waals surface area contributed by atoms with Crippen LogP contribution < -0.4 is 5.46 Å². The van der Waals surface area contributed by atoms with Crippen molar-refractivity contribution in [1.29, 1.82) is 0 Å². The van der Waals surface area contributed by atoms with E-state index in [1.165, 1.54) is 82.0 Å². The predicted molar refractivity (Wildman–Crippen MR) is 389 cm³/mol. The fraction of sp³-hybridized carbons (Fsp3) is 0.0244. The van der Waals surface area contributed by atoms with Crippen molar-refractivity contribution in [3.05, 3.63) is 309 Å². The van der Waals surface area contributed by atoms with Crippen LogP contribution in [-0.4, -0.2) is 46.2 Å². The van der Waals surface area contributed by atoms with E-state index in [1.54, 1.807) is 18.3 Å². The number of hydrogen-bond acceptors (Lipinski definition) is 6. The summed E-state index contributed by atoms with van der Waals surface area (Å²) in [7, 11) is -1.44. The summed E-state index contributed by atoms with van der Waals surface area (Å²) in [4.78, 5) is 19.0. The van der Waals surface area contributed by atoms with Crippen LogP contribution in [0.25, 0.3) is 154 Å². The van der Waals surface area contributed by atoms with Gasteiger partial charge in [0.15, 0.2) is 0 Å². The zero-order chi connectivity index (χ0) is 60.2. The lowest BCUT2D eigenvalue weighted by Crippen LogP contribution is -2.29.